The molecule has 0 aromatic carbocycles. The van der Waals surface area contributed by atoms with Crippen molar-refractivity contribution in [1.29, 1.82) is 0 Å². The minimum absolute atomic E-state index is 0.238. The van der Waals surface area contributed by atoms with E-state index in [1.54, 1.807) is 6.26 Å². The molecular formula is C14H23N3O2. The van der Waals surface area contributed by atoms with Gasteiger partial charge in [-0.1, -0.05) is 0 Å². The van der Waals surface area contributed by atoms with E-state index >= 15 is 0 Å². The number of carbonyl (C=O) groups excluding carboxylic acids is 1. The van der Waals surface area contributed by atoms with Crippen molar-refractivity contribution in [1.82, 2.24) is 10.2 Å². The standard InChI is InChI=1S/C14H23N3O2/c1-11(9-13-3-2-8-19-13)16-12-4-6-17(7-5-12)10-14(15)18/h2-3,8,11-12,16H,4-7,9-10H2,1H3,(H2,15,18). The van der Waals surface area contributed by atoms with Crippen LogP contribution in [0.5, 0.6) is 0 Å². The van der Waals surface area contributed by atoms with Gasteiger partial charge in [0.05, 0.1) is 12.8 Å². The van der Waals surface area contributed by atoms with Crippen LogP contribution in [0.4, 0.5) is 0 Å². The molecule has 1 atom stereocenters. The average Bonchev–Trinajstić information content (AvgIpc) is 2.83. The van der Waals surface area contributed by atoms with Gasteiger partial charge in [-0.2, -0.15) is 0 Å². The monoisotopic (exact) mass is 265 g/mol. The van der Waals surface area contributed by atoms with Crippen LogP contribution < -0.4 is 11.1 Å². The Morgan fingerprint density at radius 2 is 2.32 bits per heavy atom. The van der Waals surface area contributed by atoms with Gasteiger partial charge < -0.3 is 15.5 Å². The molecule has 2 heterocycles. The molecule has 0 bridgehead atoms. The van der Waals surface area contributed by atoms with E-state index in [9.17, 15) is 4.79 Å². The Bertz CT molecular complexity index is 383. The van der Waals surface area contributed by atoms with E-state index in [0.717, 1.165) is 38.1 Å². The molecule has 2 rings (SSSR count). The first-order valence-corrected chi connectivity index (χ1v) is 6.92. The fourth-order valence-corrected chi connectivity index (χ4v) is 2.67. The molecule has 1 aromatic heterocycles. The predicted octanol–water partition coefficient (Wildman–Crippen LogP) is 0.750. The van der Waals surface area contributed by atoms with Gasteiger partial charge in [0, 0.05) is 31.6 Å². The summed E-state index contributed by atoms with van der Waals surface area (Å²) in [6.07, 6.45) is 4.75. The first-order valence-electron chi connectivity index (χ1n) is 6.92. The van der Waals surface area contributed by atoms with Gasteiger partial charge in [0.1, 0.15) is 5.76 Å². The average molecular weight is 265 g/mol. The van der Waals surface area contributed by atoms with Gasteiger partial charge in [0.25, 0.3) is 0 Å². The third-order valence-electron chi connectivity index (χ3n) is 3.57. The van der Waals surface area contributed by atoms with Crippen molar-refractivity contribution in [3.05, 3.63) is 24.2 Å². The Labute approximate surface area is 114 Å². The summed E-state index contributed by atoms with van der Waals surface area (Å²) in [7, 11) is 0. The van der Waals surface area contributed by atoms with Crippen LogP contribution in [0, 0.1) is 0 Å². The van der Waals surface area contributed by atoms with Gasteiger partial charge in [0.2, 0.25) is 5.91 Å². The van der Waals surface area contributed by atoms with Crippen LogP contribution in [0.1, 0.15) is 25.5 Å². The second kappa shape index (κ2) is 6.73. The van der Waals surface area contributed by atoms with Gasteiger partial charge in [0.15, 0.2) is 0 Å². The number of piperidine rings is 1. The van der Waals surface area contributed by atoms with Crippen LogP contribution in [0.2, 0.25) is 0 Å². The smallest absolute Gasteiger partial charge is 0.231 e. The number of primary amides is 1. The van der Waals surface area contributed by atoms with E-state index in [2.05, 4.69) is 17.1 Å². The molecule has 1 saturated heterocycles. The molecule has 1 aliphatic rings. The van der Waals surface area contributed by atoms with Crippen molar-refractivity contribution < 1.29 is 9.21 Å². The lowest BCUT2D eigenvalue weighted by Gasteiger charge is -2.33. The highest BCUT2D eigenvalue weighted by Crippen LogP contribution is 2.12. The van der Waals surface area contributed by atoms with Crippen LogP contribution >= 0.6 is 0 Å². The number of carbonyl (C=O) groups is 1. The summed E-state index contributed by atoms with van der Waals surface area (Å²) in [6.45, 7) is 4.44. The SMILES string of the molecule is CC(Cc1ccco1)NC1CCN(CC(N)=O)CC1. The number of amides is 1. The van der Waals surface area contributed by atoms with Crippen LogP contribution in [-0.2, 0) is 11.2 Å². The maximum atomic E-state index is 10.9. The second-order valence-corrected chi connectivity index (χ2v) is 5.37. The number of nitrogens with one attached hydrogen (secondary N) is 1. The maximum Gasteiger partial charge on any atom is 0.231 e. The number of nitrogens with zero attached hydrogens (tertiary/aromatic N) is 1. The normalized spacial score (nSPS) is 19.4. The Morgan fingerprint density at radius 1 is 1.58 bits per heavy atom. The molecule has 106 valence electrons. The van der Waals surface area contributed by atoms with Crippen molar-refractivity contribution in [2.45, 2.75) is 38.3 Å². The van der Waals surface area contributed by atoms with E-state index in [1.165, 1.54) is 0 Å². The Hall–Kier alpha value is -1.33. The van der Waals surface area contributed by atoms with Gasteiger partial charge in [-0.15, -0.1) is 0 Å². The zero-order chi connectivity index (χ0) is 13.7. The zero-order valence-corrected chi connectivity index (χ0v) is 11.5. The van der Waals surface area contributed by atoms with E-state index < -0.39 is 0 Å². The van der Waals surface area contributed by atoms with Gasteiger partial charge in [-0.3, -0.25) is 9.69 Å². The number of likely N-dealkylation sites (tertiary alicyclic amines) is 1. The van der Waals surface area contributed by atoms with Crippen molar-refractivity contribution in [3.8, 4) is 0 Å². The van der Waals surface area contributed by atoms with Crippen LogP contribution in [0.15, 0.2) is 22.8 Å². The topological polar surface area (TPSA) is 71.5 Å². The molecule has 19 heavy (non-hydrogen) atoms. The second-order valence-electron chi connectivity index (χ2n) is 5.37. The lowest BCUT2D eigenvalue weighted by molar-refractivity contribution is -0.119. The summed E-state index contributed by atoms with van der Waals surface area (Å²) in [5, 5.41) is 3.63. The highest BCUT2D eigenvalue weighted by atomic mass is 16.3. The molecule has 0 spiro atoms. The van der Waals surface area contributed by atoms with Crippen LogP contribution in [0.3, 0.4) is 0 Å². The summed E-state index contributed by atoms with van der Waals surface area (Å²) in [5.41, 5.74) is 5.21. The van der Waals surface area contributed by atoms with Gasteiger partial charge in [-0.25, -0.2) is 0 Å². The molecule has 1 aromatic rings. The molecule has 0 saturated carbocycles. The third-order valence-corrected chi connectivity index (χ3v) is 3.57. The molecule has 1 amide bonds. The molecule has 3 N–H and O–H groups in total. The van der Waals surface area contributed by atoms with Crippen LogP contribution in [0.25, 0.3) is 0 Å². The Kier molecular flexibility index (Phi) is 4.99. The number of nitrogens with two attached hydrogens (primary N) is 1. The molecule has 5 heteroatoms. The fourth-order valence-electron chi connectivity index (χ4n) is 2.67. The first-order chi connectivity index (χ1) is 9.13. The summed E-state index contributed by atoms with van der Waals surface area (Å²) in [5.74, 6) is 0.781. The lowest BCUT2D eigenvalue weighted by Crippen LogP contribution is -2.47. The minimum atomic E-state index is -0.238. The molecule has 1 aliphatic heterocycles. The number of rotatable bonds is 6. The first kappa shape index (κ1) is 14.1. The Morgan fingerprint density at radius 3 is 2.89 bits per heavy atom. The molecule has 0 aliphatic carbocycles. The number of hydrogen-bond donors (Lipinski definition) is 2. The fraction of sp³-hybridized carbons (Fsp3) is 0.643. The van der Waals surface area contributed by atoms with E-state index in [1.807, 2.05) is 12.1 Å². The quantitative estimate of drug-likeness (QED) is 0.796. The van der Waals surface area contributed by atoms with E-state index in [4.69, 9.17) is 10.2 Å². The number of furan rings is 1. The summed E-state index contributed by atoms with van der Waals surface area (Å²) in [4.78, 5) is 13.0. The van der Waals surface area contributed by atoms with Crippen molar-refractivity contribution in [2.75, 3.05) is 19.6 Å². The van der Waals surface area contributed by atoms with Crippen LogP contribution in [-0.4, -0.2) is 42.5 Å². The predicted molar refractivity (Wildman–Crippen MR) is 73.7 cm³/mol. The van der Waals surface area contributed by atoms with Gasteiger partial charge in [-0.05, 0) is 31.9 Å². The third kappa shape index (κ3) is 4.69. The van der Waals surface area contributed by atoms with E-state index in [0.29, 0.717) is 18.6 Å². The van der Waals surface area contributed by atoms with Crippen molar-refractivity contribution in [2.24, 2.45) is 5.73 Å². The van der Waals surface area contributed by atoms with Crippen molar-refractivity contribution >= 4 is 5.91 Å². The highest BCUT2D eigenvalue weighted by molar-refractivity contribution is 5.75. The maximum absolute atomic E-state index is 10.9. The molecular weight excluding hydrogens is 242 g/mol. The minimum Gasteiger partial charge on any atom is -0.469 e. The van der Waals surface area contributed by atoms with Crippen molar-refractivity contribution in [3.63, 3.8) is 0 Å². The van der Waals surface area contributed by atoms with Gasteiger partial charge >= 0.3 is 0 Å². The summed E-state index contributed by atoms with van der Waals surface area (Å²) in [6, 6.07) is 4.85. The molecule has 1 unspecified atom stereocenters. The molecule has 0 radical (unpaired) electrons. The Balaban J connectivity index is 1.68. The summed E-state index contributed by atoms with van der Waals surface area (Å²) >= 11 is 0. The molecule has 1 fully saturated rings. The largest absolute Gasteiger partial charge is 0.469 e. The number of hydrogen-bond acceptors (Lipinski definition) is 4. The highest BCUT2D eigenvalue weighted by Gasteiger charge is 2.21. The van der Waals surface area contributed by atoms with E-state index in [-0.39, 0.29) is 5.91 Å². The zero-order valence-electron chi connectivity index (χ0n) is 11.5. The molecule has 5 nitrogen and oxygen atoms in total. The lowest BCUT2D eigenvalue weighted by atomic mass is 10.0. The summed E-state index contributed by atoms with van der Waals surface area (Å²) < 4.78 is 5.35.